The van der Waals surface area contributed by atoms with Crippen LogP contribution in [0.3, 0.4) is 0 Å². The number of nitrogens with one attached hydrogen (secondary N) is 1. The zero-order valence-corrected chi connectivity index (χ0v) is 26.4. The van der Waals surface area contributed by atoms with E-state index in [2.05, 4.69) is 89.1 Å². The number of H-pyrrole nitrogens is 1. The molecule has 7 rings (SSSR count). The van der Waals surface area contributed by atoms with Crippen molar-refractivity contribution in [3.05, 3.63) is 81.5 Å². The fourth-order valence-electron chi connectivity index (χ4n) is 10.3. The fourth-order valence-corrected chi connectivity index (χ4v) is 10.5. The van der Waals surface area contributed by atoms with E-state index in [0.29, 0.717) is 10.8 Å². The van der Waals surface area contributed by atoms with Gasteiger partial charge in [-0.05, 0) is 108 Å². The van der Waals surface area contributed by atoms with E-state index in [0.717, 1.165) is 22.4 Å². The first-order chi connectivity index (χ1) is 19.4. The summed E-state index contributed by atoms with van der Waals surface area (Å²) in [4.78, 5) is 11.9. The fraction of sp³-hybridized carbons (Fsp3) is 0.541. The highest BCUT2D eigenvalue weighted by Gasteiger charge is 2.65. The van der Waals surface area contributed by atoms with Crippen LogP contribution in [0.25, 0.3) is 10.9 Å². The molecule has 4 heteroatoms. The summed E-state index contributed by atoms with van der Waals surface area (Å²) in [7, 11) is 0. The van der Waals surface area contributed by atoms with Crippen LogP contribution in [0.15, 0.2) is 54.2 Å². The number of hydrogen-bond acceptors (Lipinski definition) is 1. The van der Waals surface area contributed by atoms with Crippen LogP contribution in [-0.4, -0.2) is 16.6 Å². The molecule has 4 aliphatic carbocycles. The molecule has 3 aromatic rings. The highest BCUT2D eigenvalue weighted by molar-refractivity contribution is 6.31. The standard InChI is InChI=1S/C36H44ClN.CH2O2/c1-22-12-13-33(3)14-16-36(6)31-20-26(27-21-38-29-19-24(37)10-11-25(27)29)32-23(2)8-7-9-28(32)34(31,4)15-17-35(36,5)30(33)18-22;2-1-3/h7-11,19-22,26,30,38H,12-18H2,1-6H3;1H,(H,2,3)/t22?,26?,30?,33?,34?,35-,36?;/m0./s1. The van der Waals surface area contributed by atoms with Gasteiger partial charge in [-0.2, -0.15) is 0 Å². The van der Waals surface area contributed by atoms with Crippen molar-refractivity contribution in [2.75, 3.05) is 0 Å². The normalized spacial score (nSPS) is 37.4. The smallest absolute Gasteiger partial charge is 0.290 e. The molecule has 3 nitrogen and oxygen atoms in total. The lowest BCUT2D eigenvalue weighted by atomic mass is 9.35. The first kappa shape index (κ1) is 28.6. The molecule has 41 heavy (non-hydrogen) atoms. The molecular formula is C37H46ClNO2. The van der Waals surface area contributed by atoms with E-state index in [4.69, 9.17) is 21.5 Å². The molecule has 0 radical (unpaired) electrons. The van der Waals surface area contributed by atoms with Gasteiger partial charge < -0.3 is 10.1 Å². The number of carboxylic acid groups (broad SMARTS) is 1. The van der Waals surface area contributed by atoms with Gasteiger partial charge in [-0.1, -0.05) is 88.6 Å². The molecule has 1 heterocycles. The zero-order valence-electron chi connectivity index (χ0n) is 25.6. The molecule has 3 fully saturated rings. The topological polar surface area (TPSA) is 53.1 Å². The summed E-state index contributed by atoms with van der Waals surface area (Å²) in [5.74, 6) is 1.94. The lowest BCUT2D eigenvalue weighted by molar-refractivity contribution is -0.145. The Kier molecular flexibility index (Phi) is 6.81. The van der Waals surface area contributed by atoms with Crippen LogP contribution in [0, 0.1) is 35.0 Å². The molecule has 0 bridgehead atoms. The Morgan fingerprint density at radius 1 is 1.02 bits per heavy atom. The molecule has 0 spiro atoms. The van der Waals surface area contributed by atoms with Crippen LogP contribution in [0.1, 0.15) is 108 Å². The molecule has 0 aliphatic heterocycles. The molecule has 4 aliphatic rings. The third kappa shape index (κ3) is 4.01. The van der Waals surface area contributed by atoms with Gasteiger partial charge in [0.1, 0.15) is 0 Å². The van der Waals surface area contributed by atoms with Crippen molar-refractivity contribution >= 4 is 29.0 Å². The predicted molar refractivity (Wildman–Crippen MR) is 170 cm³/mol. The second kappa shape index (κ2) is 9.76. The van der Waals surface area contributed by atoms with Gasteiger partial charge in [0.15, 0.2) is 0 Å². The number of fused-ring (bicyclic) bond motifs is 8. The summed E-state index contributed by atoms with van der Waals surface area (Å²) in [6.07, 6.45) is 14.6. The van der Waals surface area contributed by atoms with E-state index >= 15 is 0 Å². The van der Waals surface area contributed by atoms with Gasteiger partial charge in [0.2, 0.25) is 0 Å². The molecule has 6 unspecified atom stereocenters. The van der Waals surface area contributed by atoms with E-state index in [1.165, 1.54) is 67.0 Å². The predicted octanol–water partition coefficient (Wildman–Crippen LogP) is 10.2. The first-order valence-electron chi connectivity index (χ1n) is 15.6. The van der Waals surface area contributed by atoms with Crippen molar-refractivity contribution < 1.29 is 9.90 Å². The molecule has 2 N–H and O–H groups in total. The van der Waals surface area contributed by atoms with Crippen LogP contribution in [0.2, 0.25) is 5.02 Å². The maximum absolute atomic E-state index is 8.36. The average molecular weight is 572 g/mol. The quantitative estimate of drug-likeness (QED) is 0.225. The van der Waals surface area contributed by atoms with E-state index in [-0.39, 0.29) is 23.2 Å². The third-order valence-corrected chi connectivity index (χ3v) is 13.1. The van der Waals surface area contributed by atoms with Crippen LogP contribution in [0.5, 0.6) is 0 Å². The number of aryl methyl sites for hydroxylation is 1. The summed E-state index contributed by atoms with van der Waals surface area (Å²) >= 11 is 6.38. The molecular weight excluding hydrogens is 526 g/mol. The molecule has 0 saturated heterocycles. The van der Waals surface area contributed by atoms with Crippen molar-refractivity contribution in [2.24, 2.45) is 28.1 Å². The molecule has 2 aromatic carbocycles. The Labute approximate surface area is 250 Å². The number of aromatic amines is 1. The van der Waals surface area contributed by atoms with Crippen molar-refractivity contribution in [3.63, 3.8) is 0 Å². The second-order valence-corrected chi connectivity index (χ2v) is 15.2. The monoisotopic (exact) mass is 571 g/mol. The molecule has 7 atom stereocenters. The van der Waals surface area contributed by atoms with E-state index in [1.54, 1.807) is 11.1 Å². The zero-order chi connectivity index (χ0) is 29.4. The van der Waals surface area contributed by atoms with Crippen LogP contribution >= 0.6 is 11.6 Å². The number of halogens is 1. The lowest BCUT2D eigenvalue weighted by Gasteiger charge is -2.69. The summed E-state index contributed by atoms with van der Waals surface area (Å²) < 4.78 is 0. The highest BCUT2D eigenvalue weighted by atomic mass is 35.5. The van der Waals surface area contributed by atoms with Crippen LogP contribution in [0.4, 0.5) is 0 Å². The van der Waals surface area contributed by atoms with Crippen molar-refractivity contribution in [1.29, 1.82) is 0 Å². The maximum atomic E-state index is 8.36. The van der Waals surface area contributed by atoms with Crippen molar-refractivity contribution in [2.45, 2.75) is 97.8 Å². The molecule has 1 aromatic heterocycles. The Morgan fingerprint density at radius 2 is 1.78 bits per heavy atom. The number of benzene rings is 2. The average Bonchev–Trinajstić information content (AvgIpc) is 3.35. The van der Waals surface area contributed by atoms with Gasteiger partial charge in [-0.15, -0.1) is 0 Å². The van der Waals surface area contributed by atoms with Gasteiger partial charge in [-0.25, -0.2) is 0 Å². The van der Waals surface area contributed by atoms with Crippen molar-refractivity contribution in [1.82, 2.24) is 4.98 Å². The van der Waals surface area contributed by atoms with E-state index < -0.39 is 0 Å². The minimum Gasteiger partial charge on any atom is -0.483 e. The Morgan fingerprint density at radius 3 is 2.54 bits per heavy atom. The summed E-state index contributed by atoms with van der Waals surface area (Å²) in [5, 5.41) is 8.98. The molecule has 218 valence electrons. The first-order valence-corrected chi connectivity index (χ1v) is 16.0. The number of hydrogen-bond donors (Lipinski definition) is 2. The minimum atomic E-state index is -0.250. The summed E-state index contributed by atoms with van der Waals surface area (Å²) in [6.45, 7) is 15.2. The lowest BCUT2D eigenvalue weighted by Crippen LogP contribution is -2.61. The molecule has 3 saturated carbocycles. The number of carbonyl (C=O) groups is 1. The van der Waals surface area contributed by atoms with Gasteiger partial charge in [0, 0.05) is 33.5 Å². The highest BCUT2D eigenvalue weighted by Crippen LogP contribution is 2.74. The number of aromatic nitrogens is 1. The third-order valence-electron chi connectivity index (χ3n) is 12.8. The Bertz CT molecular complexity index is 1540. The van der Waals surface area contributed by atoms with E-state index in [1.807, 2.05) is 6.07 Å². The van der Waals surface area contributed by atoms with Gasteiger partial charge >= 0.3 is 0 Å². The van der Waals surface area contributed by atoms with Crippen LogP contribution < -0.4 is 0 Å². The number of rotatable bonds is 1. The number of allylic oxidation sites excluding steroid dienone is 2. The van der Waals surface area contributed by atoms with Gasteiger partial charge in [-0.3, -0.25) is 4.79 Å². The largest absolute Gasteiger partial charge is 0.483 e. The summed E-state index contributed by atoms with van der Waals surface area (Å²) in [6, 6.07) is 13.4. The Hall–Kier alpha value is -2.52. The maximum Gasteiger partial charge on any atom is 0.290 e. The second-order valence-electron chi connectivity index (χ2n) is 14.8. The molecule has 0 amide bonds. The van der Waals surface area contributed by atoms with Crippen LogP contribution in [-0.2, 0) is 10.2 Å². The SMILES string of the molecule is Cc1cccc2c1C(c1c[nH]c3cc(Cl)ccc13)C=C1C2(C)CC[C@@]2(C)C3CC(C)CCC3(C)CCC12C.O=CO. The minimum absolute atomic E-state index is 0.107. The summed E-state index contributed by atoms with van der Waals surface area (Å²) in [5.41, 5.74) is 9.99. The van der Waals surface area contributed by atoms with Crippen molar-refractivity contribution in [3.8, 4) is 0 Å². The Balaban J connectivity index is 0.000000967. The van der Waals surface area contributed by atoms with E-state index in [9.17, 15) is 0 Å². The van der Waals surface area contributed by atoms with Gasteiger partial charge in [0.05, 0.1) is 0 Å². The van der Waals surface area contributed by atoms with Gasteiger partial charge in [0.25, 0.3) is 6.47 Å².